The molecule has 0 atom stereocenters. The van der Waals surface area contributed by atoms with Crippen molar-refractivity contribution in [2.24, 2.45) is 39.7 Å². The Balaban J connectivity index is 1.33. The zero-order valence-electron chi connectivity index (χ0n) is 28.1. The van der Waals surface area contributed by atoms with E-state index in [1.54, 1.807) is 62.1 Å². The molecule has 0 bridgehead atoms. The van der Waals surface area contributed by atoms with Crippen molar-refractivity contribution < 1.29 is 34.8 Å². The summed E-state index contributed by atoms with van der Waals surface area (Å²) in [6.07, 6.45) is 6.97. The number of carbonyl (C=O) groups excluding carboxylic acids is 5. The highest BCUT2D eigenvalue weighted by molar-refractivity contribution is 6.08. The first-order valence-electron chi connectivity index (χ1n) is 15.3. The van der Waals surface area contributed by atoms with Crippen molar-refractivity contribution in [3.8, 4) is 0 Å². The molecular formula is C31H42N14O5+2. The number of urea groups is 1. The molecule has 0 aromatic carbocycles. The van der Waals surface area contributed by atoms with E-state index in [-0.39, 0.29) is 48.0 Å². The molecule has 19 nitrogen and oxygen atoms in total. The van der Waals surface area contributed by atoms with Crippen LogP contribution in [0.25, 0.3) is 0 Å². The van der Waals surface area contributed by atoms with E-state index >= 15 is 0 Å². The first kappa shape index (κ1) is 36.1. The van der Waals surface area contributed by atoms with Crippen molar-refractivity contribution >= 4 is 64.1 Å². The molecule has 0 saturated carbocycles. The summed E-state index contributed by atoms with van der Waals surface area (Å²) < 4.78 is 6.21. The van der Waals surface area contributed by atoms with Crippen LogP contribution < -0.4 is 54.2 Å². The van der Waals surface area contributed by atoms with Crippen LogP contribution in [0.2, 0.25) is 0 Å². The average molecular weight is 691 g/mol. The van der Waals surface area contributed by atoms with Crippen LogP contribution in [0.1, 0.15) is 54.8 Å². The van der Waals surface area contributed by atoms with Gasteiger partial charge in [0.2, 0.25) is 11.7 Å². The molecule has 0 aliphatic carbocycles. The van der Waals surface area contributed by atoms with Gasteiger partial charge in [0.25, 0.3) is 23.6 Å². The van der Waals surface area contributed by atoms with E-state index in [0.717, 1.165) is 0 Å². The minimum atomic E-state index is -0.611. The molecule has 4 heterocycles. The average Bonchev–Trinajstić information content (AvgIpc) is 3.77. The Morgan fingerprint density at radius 2 is 0.800 bits per heavy atom. The molecular weight excluding hydrogens is 648 g/mol. The third kappa shape index (κ3) is 9.18. The Hall–Kier alpha value is -6.79. The molecule has 0 saturated heterocycles. The van der Waals surface area contributed by atoms with Crippen molar-refractivity contribution in [2.75, 3.05) is 34.4 Å². The van der Waals surface area contributed by atoms with Gasteiger partial charge in [0, 0.05) is 66.1 Å². The van der Waals surface area contributed by atoms with Crippen molar-refractivity contribution in [2.45, 2.75) is 12.8 Å². The number of nitrogens with one attached hydrogen (secondary N) is 6. The fourth-order valence-corrected chi connectivity index (χ4v) is 4.94. The summed E-state index contributed by atoms with van der Waals surface area (Å²) in [7, 11) is 6.62. The van der Waals surface area contributed by atoms with Crippen molar-refractivity contribution in [1.29, 1.82) is 0 Å². The normalized spacial score (nSPS) is 10.6. The van der Waals surface area contributed by atoms with Gasteiger partial charge in [-0.2, -0.15) is 0 Å². The number of amides is 6. The largest absolute Gasteiger partial charge is 0.350 e. The van der Waals surface area contributed by atoms with Gasteiger partial charge >= 0.3 is 6.03 Å². The number of hydrogen-bond donors (Lipinski definition) is 10. The molecule has 0 fully saturated rings. The van der Waals surface area contributed by atoms with Crippen molar-refractivity contribution in [3.05, 3.63) is 71.8 Å². The number of anilines is 4. The molecule has 264 valence electrons. The van der Waals surface area contributed by atoms with Gasteiger partial charge in [0.1, 0.15) is 22.8 Å². The SMILES string of the molecule is Cn1cc(NC(=O)c2cc(NC(=O)Nc3cc(C(=O)Nc4cc(C(=O)NCCC(N)=[NH2+])n(C)c4)n(C)c3)cn2C)cc1C(=O)NCCC(N)=[NH2+]. The fraction of sp³-hybridized carbons (Fsp3) is 0.258. The molecule has 4 aromatic heterocycles. The summed E-state index contributed by atoms with van der Waals surface area (Å²) in [4.78, 5) is 63.9. The Morgan fingerprint density at radius 1 is 0.520 bits per heavy atom. The highest BCUT2D eigenvalue weighted by Crippen LogP contribution is 2.20. The van der Waals surface area contributed by atoms with Crippen LogP contribution in [0, 0.1) is 0 Å². The Labute approximate surface area is 286 Å². The van der Waals surface area contributed by atoms with Gasteiger partial charge in [-0.15, -0.1) is 0 Å². The topological polar surface area (TPSA) is 280 Å². The van der Waals surface area contributed by atoms with Gasteiger partial charge in [-0.1, -0.05) is 0 Å². The van der Waals surface area contributed by atoms with Crippen LogP contribution in [-0.2, 0) is 28.2 Å². The summed E-state index contributed by atoms with van der Waals surface area (Å²) in [5.41, 5.74) is 13.4. The number of nitrogens with zero attached hydrogens (tertiary/aromatic N) is 4. The van der Waals surface area contributed by atoms with Crippen LogP contribution >= 0.6 is 0 Å². The second kappa shape index (κ2) is 15.4. The lowest BCUT2D eigenvalue weighted by Crippen LogP contribution is -2.47. The predicted octanol–water partition coefficient (Wildman–Crippen LogP) is -2.34. The standard InChI is InChI=1S/C31H40N14O5/c1-42-13-17(9-21(42)27(46)36-7-5-25(32)33)38-29(48)23-11-19(15-44(23)3)40-31(50)41-20-12-24(45(4)16-20)30(49)39-18-10-22(43(2)14-18)28(47)37-8-6-26(34)35/h9-16H,5-8H2,1-4H3,(H3,32,33)(H3,34,35)(H,36,46)(H,37,47)(H,38,48)(H,39,49)(H2,40,41,50)/p+2. The van der Waals surface area contributed by atoms with Gasteiger partial charge in [-0.25, -0.2) is 4.79 Å². The number of nitrogens with two attached hydrogens (primary N) is 4. The van der Waals surface area contributed by atoms with Gasteiger partial charge in [-0.3, -0.25) is 41.5 Å². The van der Waals surface area contributed by atoms with Crippen molar-refractivity contribution in [3.63, 3.8) is 0 Å². The number of hydrogen-bond acceptors (Lipinski definition) is 5. The highest BCUT2D eigenvalue weighted by Gasteiger charge is 2.19. The van der Waals surface area contributed by atoms with E-state index < -0.39 is 17.8 Å². The Kier molecular flexibility index (Phi) is 11.1. The lowest BCUT2D eigenvalue weighted by Gasteiger charge is -2.04. The number of aryl methyl sites for hydroxylation is 4. The lowest BCUT2D eigenvalue weighted by atomic mass is 10.3. The Morgan fingerprint density at radius 3 is 1.10 bits per heavy atom. The first-order chi connectivity index (χ1) is 23.6. The fourth-order valence-electron chi connectivity index (χ4n) is 4.94. The summed E-state index contributed by atoms with van der Waals surface area (Å²) >= 11 is 0. The molecule has 50 heavy (non-hydrogen) atoms. The van der Waals surface area contributed by atoms with E-state index in [1.165, 1.54) is 33.4 Å². The quantitative estimate of drug-likeness (QED) is 0.0508. The molecule has 4 rings (SSSR count). The van der Waals surface area contributed by atoms with Gasteiger partial charge in [0.05, 0.1) is 35.6 Å². The molecule has 0 aliphatic heterocycles. The molecule has 6 amide bonds. The van der Waals surface area contributed by atoms with Crippen LogP contribution in [0.15, 0.2) is 49.1 Å². The van der Waals surface area contributed by atoms with Crippen molar-refractivity contribution in [1.82, 2.24) is 28.9 Å². The van der Waals surface area contributed by atoms with Gasteiger partial charge in [0.15, 0.2) is 0 Å². The van der Waals surface area contributed by atoms with E-state index in [4.69, 9.17) is 22.3 Å². The predicted molar refractivity (Wildman–Crippen MR) is 186 cm³/mol. The van der Waals surface area contributed by atoms with Crippen LogP contribution in [-0.4, -0.2) is 72.7 Å². The lowest BCUT2D eigenvalue weighted by molar-refractivity contribution is -0.118. The Bertz CT molecular complexity index is 1840. The zero-order valence-corrected chi connectivity index (χ0v) is 28.1. The van der Waals surface area contributed by atoms with Crippen LogP contribution in [0.4, 0.5) is 27.5 Å². The molecule has 0 unspecified atom stereocenters. The summed E-state index contributed by atoms with van der Waals surface area (Å²) in [5, 5.41) is 27.1. The summed E-state index contributed by atoms with van der Waals surface area (Å²) in [6.45, 7) is 0.540. The van der Waals surface area contributed by atoms with Gasteiger partial charge in [-0.05, 0) is 24.3 Å². The molecule has 0 radical (unpaired) electrons. The smallest absolute Gasteiger partial charge is 0.323 e. The monoisotopic (exact) mass is 690 g/mol. The molecule has 19 heteroatoms. The van der Waals surface area contributed by atoms with E-state index in [0.29, 0.717) is 47.0 Å². The maximum absolute atomic E-state index is 13.0. The summed E-state index contributed by atoms with van der Waals surface area (Å²) in [6, 6.07) is 5.43. The van der Waals surface area contributed by atoms with E-state index in [2.05, 4.69) is 31.9 Å². The second-order valence-corrected chi connectivity index (χ2v) is 11.5. The van der Waals surface area contributed by atoms with Crippen LogP contribution in [0.5, 0.6) is 0 Å². The number of amidine groups is 2. The number of carbonyl (C=O) groups is 5. The van der Waals surface area contributed by atoms with E-state index in [1.807, 2.05) is 0 Å². The maximum Gasteiger partial charge on any atom is 0.323 e. The van der Waals surface area contributed by atoms with Gasteiger partial charge < -0.3 is 50.2 Å². The third-order valence-electron chi connectivity index (χ3n) is 7.38. The second-order valence-electron chi connectivity index (χ2n) is 11.5. The number of aromatic nitrogens is 4. The zero-order chi connectivity index (χ0) is 36.7. The molecule has 4 aromatic rings. The minimum Gasteiger partial charge on any atom is -0.350 e. The minimum absolute atomic E-state index is 0.211. The highest BCUT2D eigenvalue weighted by atomic mass is 16.2. The maximum atomic E-state index is 13.0. The van der Waals surface area contributed by atoms with E-state index in [9.17, 15) is 24.0 Å². The van der Waals surface area contributed by atoms with Crippen LogP contribution in [0.3, 0.4) is 0 Å². The summed E-state index contributed by atoms with van der Waals surface area (Å²) in [5.74, 6) is -1.22. The first-order valence-corrected chi connectivity index (χ1v) is 15.3. The molecule has 0 aliphatic rings. The third-order valence-corrected chi connectivity index (χ3v) is 7.38. The molecule has 0 spiro atoms. The number of rotatable bonds is 14. The molecule has 14 N–H and O–H groups in total.